The molecule has 0 fully saturated rings. The van der Waals surface area contributed by atoms with Gasteiger partial charge < -0.3 is 4.84 Å². The van der Waals surface area contributed by atoms with Crippen molar-refractivity contribution >= 4 is 11.9 Å². The van der Waals surface area contributed by atoms with Crippen molar-refractivity contribution in [2.45, 2.75) is 20.0 Å². The maximum absolute atomic E-state index is 10.4. The molecule has 0 saturated heterocycles. The third kappa shape index (κ3) is 3.76. The van der Waals surface area contributed by atoms with Crippen LogP contribution in [-0.4, -0.2) is 11.1 Å². The number of hydrogen-bond acceptors (Lipinski definition) is 4. The molecule has 1 aromatic carbocycles. The Morgan fingerprint density at radius 1 is 1.47 bits per heavy atom. The summed E-state index contributed by atoms with van der Waals surface area (Å²) in [6.07, 6.45) is 2.48. The topological polar surface area (TPSA) is 64.7 Å². The van der Waals surface area contributed by atoms with E-state index in [9.17, 15) is 10.1 Å². The zero-order valence-electron chi connectivity index (χ0n) is 8.42. The first-order valence-electron chi connectivity index (χ1n) is 4.61. The van der Waals surface area contributed by atoms with Crippen LogP contribution in [0.5, 0.6) is 0 Å². The molecule has 0 bridgehead atoms. The number of nitro groups is 1. The lowest BCUT2D eigenvalue weighted by molar-refractivity contribution is -0.384. The maximum Gasteiger partial charge on any atom is 0.269 e. The second kappa shape index (κ2) is 5.74. The van der Waals surface area contributed by atoms with Crippen LogP contribution >= 0.6 is 0 Å². The Morgan fingerprint density at radius 3 is 2.67 bits per heavy atom. The van der Waals surface area contributed by atoms with E-state index in [-0.39, 0.29) is 5.69 Å². The van der Waals surface area contributed by atoms with E-state index in [0.29, 0.717) is 6.61 Å². The summed E-state index contributed by atoms with van der Waals surface area (Å²) in [6, 6.07) is 6.20. The highest BCUT2D eigenvalue weighted by Crippen LogP contribution is 2.12. The van der Waals surface area contributed by atoms with Gasteiger partial charge in [-0.2, -0.15) is 0 Å². The molecule has 0 amide bonds. The molecule has 0 aliphatic carbocycles. The number of nitrogens with zero attached hydrogens (tertiary/aromatic N) is 2. The Kier molecular flexibility index (Phi) is 4.28. The van der Waals surface area contributed by atoms with E-state index in [4.69, 9.17) is 4.84 Å². The number of nitro benzene ring substituents is 1. The van der Waals surface area contributed by atoms with E-state index < -0.39 is 4.92 Å². The molecule has 0 aromatic heterocycles. The minimum absolute atomic E-state index is 0.0795. The molecule has 5 nitrogen and oxygen atoms in total. The van der Waals surface area contributed by atoms with Crippen molar-refractivity contribution < 1.29 is 9.76 Å². The molecule has 80 valence electrons. The van der Waals surface area contributed by atoms with Crippen LogP contribution in [0.1, 0.15) is 18.9 Å². The van der Waals surface area contributed by atoms with Crippen molar-refractivity contribution in [3.05, 3.63) is 39.9 Å². The van der Waals surface area contributed by atoms with Gasteiger partial charge >= 0.3 is 0 Å². The van der Waals surface area contributed by atoms with Crippen LogP contribution < -0.4 is 0 Å². The minimum atomic E-state index is -0.431. The average molecular weight is 208 g/mol. The number of hydrogen-bond donors (Lipinski definition) is 0. The van der Waals surface area contributed by atoms with Crippen LogP contribution in [0.3, 0.4) is 0 Å². The van der Waals surface area contributed by atoms with Crippen molar-refractivity contribution in [2.24, 2.45) is 5.16 Å². The molecule has 1 aromatic rings. The number of benzene rings is 1. The minimum Gasteiger partial charge on any atom is -0.391 e. The highest BCUT2D eigenvalue weighted by atomic mass is 16.6. The van der Waals surface area contributed by atoms with Crippen molar-refractivity contribution in [3.63, 3.8) is 0 Å². The number of oxime groups is 1. The molecule has 0 spiro atoms. The van der Waals surface area contributed by atoms with Crippen LogP contribution in [0.2, 0.25) is 0 Å². The van der Waals surface area contributed by atoms with Gasteiger partial charge in [0.1, 0.15) is 6.61 Å². The molecule has 0 atom stereocenters. The summed E-state index contributed by atoms with van der Waals surface area (Å²) >= 11 is 0. The molecule has 15 heavy (non-hydrogen) atoms. The zero-order chi connectivity index (χ0) is 11.1. The normalized spacial score (nSPS) is 10.5. The van der Waals surface area contributed by atoms with Gasteiger partial charge in [0.05, 0.1) is 4.92 Å². The van der Waals surface area contributed by atoms with E-state index in [1.165, 1.54) is 12.1 Å². The van der Waals surface area contributed by atoms with E-state index >= 15 is 0 Å². The predicted octanol–water partition coefficient (Wildman–Crippen LogP) is 2.51. The molecule has 0 heterocycles. The Balaban J connectivity index is 2.50. The Hall–Kier alpha value is -1.91. The van der Waals surface area contributed by atoms with E-state index in [2.05, 4.69) is 5.16 Å². The SMILES string of the molecule is CCC=NOCc1ccc([N+](=O)[O-])cc1. The Bertz CT molecular complexity index is 346. The molecule has 0 aliphatic rings. The summed E-state index contributed by atoms with van der Waals surface area (Å²) in [7, 11) is 0. The Morgan fingerprint density at radius 2 is 2.13 bits per heavy atom. The monoisotopic (exact) mass is 208 g/mol. The fourth-order valence-corrected chi connectivity index (χ4v) is 0.953. The Labute approximate surface area is 87.5 Å². The predicted molar refractivity (Wildman–Crippen MR) is 56.7 cm³/mol. The molecule has 0 radical (unpaired) electrons. The number of rotatable bonds is 5. The molecule has 0 aliphatic heterocycles. The fraction of sp³-hybridized carbons (Fsp3) is 0.300. The first-order valence-corrected chi connectivity index (χ1v) is 4.61. The van der Waals surface area contributed by atoms with Crippen molar-refractivity contribution in [2.75, 3.05) is 0 Å². The van der Waals surface area contributed by atoms with Gasteiger partial charge in [-0.25, -0.2) is 0 Å². The standard InChI is InChI=1S/C10H12N2O3/c1-2-7-11-15-8-9-3-5-10(6-4-9)12(13)14/h3-7H,2,8H2,1H3. The molecule has 1 rings (SSSR count). The molecule has 0 unspecified atom stereocenters. The van der Waals surface area contributed by atoms with E-state index in [0.717, 1.165) is 12.0 Å². The smallest absolute Gasteiger partial charge is 0.269 e. The molecular formula is C10H12N2O3. The lowest BCUT2D eigenvalue weighted by atomic mass is 10.2. The van der Waals surface area contributed by atoms with Crippen LogP contribution in [0.15, 0.2) is 29.4 Å². The summed E-state index contributed by atoms with van der Waals surface area (Å²) in [4.78, 5) is 14.9. The molecule has 0 saturated carbocycles. The third-order valence-electron chi connectivity index (χ3n) is 1.71. The maximum atomic E-state index is 10.4. The highest BCUT2D eigenvalue weighted by molar-refractivity contribution is 5.55. The summed E-state index contributed by atoms with van der Waals surface area (Å²) in [5.74, 6) is 0. The lowest BCUT2D eigenvalue weighted by Gasteiger charge is -1.98. The molecule has 5 heteroatoms. The second-order valence-corrected chi connectivity index (χ2v) is 2.89. The van der Waals surface area contributed by atoms with Gasteiger partial charge in [-0.05, 0) is 24.1 Å². The van der Waals surface area contributed by atoms with Gasteiger partial charge in [0.15, 0.2) is 0 Å². The summed E-state index contributed by atoms with van der Waals surface area (Å²) < 4.78 is 0. The average Bonchev–Trinajstić information content (AvgIpc) is 2.25. The van der Waals surface area contributed by atoms with Crippen LogP contribution in [0.25, 0.3) is 0 Å². The van der Waals surface area contributed by atoms with E-state index in [1.54, 1.807) is 18.3 Å². The quantitative estimate of drug-likeness (QED) is 0.424. The summed E-state index contributed by atoms with van der Waals surface area (Å²) in [5, 5.41) is 14.0. The second-order valence-electron chi connectivity index (χ2n) is 2.89. The van der Waals surface area contributed by atoms with Gasteiger partial charge in [-0.15, -0.1) is 0 Å². The fourth-order valence-electron chi connectivity index (χ4n) is 0.953. The van der Waals surface area contributed by atoms with Gasteiger partial charge in [-0.3, -0.25) is 10.1 Å². The first-order chi connectivity index (χ1) is 7.24. The van der Waals surface area contributed by atoms with E-state index in [1.807, 2.05) is 6.92 Å². The largest absolute Gasteiger partial charge is 0.391 e. The third-order valence-corrected chi connectivity index (χ3v) is 1.71. The summed E-state index contributed by atoms with van der Waals surface area (Å²) in [5.41, 5.74) is 0.935. The van der Waals surface area contributed by atoms with Crippen molar-refractivity contribution in [1.82, 2.24) is 0 Å². The van der Waals surface area contributed by atoms with Crippen LogP contribution in [-0.2, 0) is 11.4 Å². The van der Waals surface area contributed by atoms with Gasteiger partial charge in [-0.1, -0.05) is 12.1 Å². The lowest BCUT2D eigenvalue weighted by Crippen LogP contribution is -1.90. The highest BCUT2D eigenvalue weighted by Gasteiger charge is 2.03. The number of non-ortho nitro benzene ring substituents is 1. The van der Waals surface area contributed by atoms with Crippen molar-refractivity contribution in [1.29, 1.82) is 0 Å². The first kappa shape index (κ1) is 11.2. The van der Waals surface area contributed by atoms with Gasteiger partial charge in [0.2, 0.25) is 0 Å². The van der Waals surface area contributed by atoms with Gasteiger partial charge in [0.25, 0.3) is 5.69 Å². The molecule has 0 N–H and O–H groups in total. The van der Waals surface area contributed by atoms with Crippen LogP contribution in [0, 0.1) is 10.1 Å². The summed E-state index contributed by atoms with van der Waals surface area (Å²) in [6.45, 7) is 2.28. The van der Waals surface area contributed by atoms with Crippen molar-refractivity contribution in [3.8, 4) is 0 Å². The van der Waals surface area contributed by atoms with Crippen LogP contribution in [0.4, 0.5) is 5.69 Å². The zero-order valence-corrected chi connectivity index (χ0v) is 8.42. The van der Waals surface area contributed by atoms with Gasteiger partial charge in [0, 0.05) is 18.3 Å². The molecular weight excluding hydrogens is 196 g/mol.